The van der Waals surface area contributed by atoms with Crippen LogP contribution in [0.3, 0.4) is 0 Å². The summed E-state index contributed by atoms with van der Waals surface area (Å²) in [5.41, 5.74) is 1.85. The Morgan fingerprint density at radius 1 is 1.22 bits per heavy atom. The minimum Gasteiger partial charge on any atom is -0.378 e. The van der Waals surface area contributed by atoms with Crippen LogP contribution in [0.1, 0.15) is 12.6 Å². The number of amides is 1. The summed E-state index contributed by atoms with van der Waals surface area (Å²) < 4.78 is 0. The number of pyridine rings is 2. The fourth-order valence-corrected chi connectivity index (χ4v) is 1.45. The van der Waals surface area contributed by atoms with Crippen molar-refractivity contribution in [1.82, 2.24) is 9.97 Å². The van der Waals surface area contributed by atoms with Gasteiger partial charge in [-0.1, -0.05) is 6.07 Å². The maximum absolute atomic E-state index is 10.8. The number of carbonyl (C=O) groups is 1. The van der Waals surface area contributed by atoms with Crippen LogP contribution in [0.2, 0.25) is 0 Å². The van der Waals surface area contributed by atoms with Gasteiger partial charge < -0.3 is 10.6 Å². The summed E-state index contributed by atoms with van der Waals surface area (Å²) in [5, 5.41) is 5.82. The molecule has 5 nitrogen and oxygen atoms in total. The number of hydrogen-bond donors (Lipinski definition) is 2. The highest BCUT2D eigenvalue weighted by molar-refractivity contribution is 5.87. The molecule has 0 aliphatic heterocycles. The van der Waals surface area contributed by atoms with Crippen LogP contribution in [-0.4, -0.2) is 15.9 Å². The van der Waals surface area contributed by atoms with E-state index in [0.29, 0.717) is 12.4 Å². The zero-order chi connectivity index (χ0) is 12.8. The number of carbonyl (C=O) groups excluding carboxylic acids is 1. The lowest BCUT2D eigenvalue weighted by molar-refractivity contribution is -0.114. The zero-order valence-corrected chi connectivity index (χ0v) is 10.1. The lowest BCUT2D eigenvalue weighted by atomic mass is 10.3. The summed E-state index contributed by atoms with van der Waals surface area (Å²) >= 11 is 0. The monoisotopic (exact) mass is 242 g/mol. The van der Waals surface area contributed by atoms with Crippen LogP contribution >= 0.6 is 0 Å². The number of nitrogens with one attached hydrogen (secondary N) is 2. The Morgan fingerprint density at radius 3 is 2.72 bits per heavy atom. The van der Waals surface area contributed by atoms with E-state index in [2.05, 4.69) is 20.6 Å². The van der Waals surface area contributed by atoms with Crippen molar-refractivity contribution in [3.05, 3.63) is 48.4 Å². The van der Waals surface area contributed by atoms with Crippen molar-refractivity contribution >= 4 is 17.4 Å². The number of anilines is 2. The second kappa shape index (κ2) is 5.77. The van der Waals surface area contributed by atoms with E-state index in [-0.39, 0.29) is 5.91 Å². The molecule has 1 amide bonds. The topological polar surface area (TPSA) is 66.9 Å². The maximum Gasteiger partial charge on any atom is 0.222 e. The third kappa shape index (κ3) is 3.55. The molecule has 0 fully saturated rings. The van der Waals surface area contributed by atoms with Crippen LogP contribution < -0.4 is 10.6 Å². The van der Waals surface area contributed by atoms with Gasteiger partial charge in [0.2, 0.25) is 5.91 Å². The Balaban J connectivity index is 1.92. The predicted molar refractivity (Wildman–Crippen MR) is 70.1 cm³/mol. The van der Waals surface area contributed by atoms with Crippen molar-refractivity contribution in [2.75, 3.05) is 10.6 Å². The Labute approximate surface area is 105 Å². The van der Waals surface area contributed by atoms with E-state index >= 15 is 0 Å². The second-order valence-corrected chi connectivity index (χ2v) is 3.79. The molecule has 0 bridgehead atoms. The molecular formula is C13H14N4O. The molecule has 5 heteroatoms. The summed E-state index contributed by atoms with van der Waals surface area (Å²) in [4.78, 5) is 19.2. The molecule has 0 radical (unpaired) electrons. The first kappa shape index (κ1) is 12.0. The van der Waals surface area contributed by atoms with Crippen molar-refractivity contribution in [3.63, 3.8) is 0 Å². The largest absolute Gasteiger partial charge is 0.378 e. The van der Waals surface area contributed by atoms with E-state index in [1.807, 2.05) is 24.3 Å². The Hall–Kier alpha value is -2.43. The number of aromatic nitrogens is 2. The molecule has 0 atom stereocenters. The molecule has 0 aliphatic carbocycles. The van der Waals surface area contributed by atoms with E-state index in [1.54, 1.807) is 18.5 Å². The van der Waals surface area contributed by atoms with Gasteiger partial charge in [-0.05, 0) is 24.3 Å². The third-order valence-corrected chi connectivity index (χ3v) is 2.27. The van der Waals surface area contributed by atoms with Gasteiger partial charge in [0.1, 0.15) is 5.82 Å². The van der Waals surface area contributed by atoms with Gasteiger partial charge in [-0.2, -0.15) is 0 Å². The molecule has 2 heterocycles. The fourth-order valence-electron chi connectivity index (χ4n) is 1.45. The summed E-state index contributed by atoms with van der Waals surface area (Å²) in [6, 6.07) is 9.39. The van der Waals surface area contributed by atoms with Crippen LogP contribution in [0, 0.1) is 0 Å². The van der Waals surface area contributed by atoms with Gasteiger partial charge >= 0.3 is 0 Å². The standard InChI is InChI=1S/C13H14N4O/c1-10(18)17-13-6-5-12(9-16-13)15-8-11-4-2-3-7-14-11/h2-7,9,15H,8H2,1H3,(H,16,17,18). The van der Waals surface area contributed by atoms with Gasteiger partial charge in [0.15, 0.2) is 0 Å². The highest BCUT2D eigenvalue weighted by atomic mass is 16.1. The molecule has 0 spiro atoms. The highest BCUT2D eigenvalue weighted by Crippen LogP contribution is 2.10. The van der Waals surface area contributed by atoms with Crippen LogP contribution in [0.25, 0.3) is 0 Å². The van der Waals surface area contributed by atoms with Gasteiger partial charge in [0.25, 0.3) is 0 Å². The second-order valence-electron chi connectivity index (χ2n) is 3.79. The minimum atomic E-state index is -0.128. The van der Waals surface area contributed by atoms with Gasteiger partial charge in [0.05, 0.1) is 24.1 Å². The van der Waals surface area contributed by atoms with E-state index in [0.717, 1.165) is 11.4 Å². The average Bonchev–Trinajstić information content (AvgIpc) is 2.38. The van der Waals surface area contributed by atoms with E-state index in [4.69, 9.17) is 0 Å². The van der Waals surface area contributed by atoms with Gasteiger partial charge in [0, 0.05) is 13.1 Å². The smallest absolute Gasteiger partial charge is 0.222 e. The van der Waals surface area contributed by atoms with Crippen molar-refractivity contribution < 1.29 is 4.79 Å². The quantitative estimate of drug-likeness (QED) is 0.861. The predicted octanol–water partition coefficient (Wildman–Crippen LogP) is 2.05. The average molecular weight is 242 g/mol. The molecule has 2 rings (SSSR count). The Bertz CT molecular complexity index is 510. The number of rotatable bonds is 4. The lowest BCUT2D eigenvalue weighted by Crippen LogP contribution is -2.07. The van der Waals surface area contributed by atoms with E-state index in [1.165, 1.54) is 6.92 Å². The molecule has 2 N–H and O–H groups in total. The molecule has 92 valence electrons. The lowest BCUT2D eigenvalue weighted by Gasteiger charge is -2.06. The molecular weight excluding hydrogens is 228 g/mol. The zero-order valence-electron chi connectivity index (χ0n) is 10.1. The summed E-state index contributed by atoms with van der Waals surface area (Å²) in [7, 11) is 0. The normalized spacial score (nSPS) is 9.83. The van der Waals surface area contributed by atoms with E-state index in [9.17, 15) is 4.79 Å². The first-order chi connectivity index (χ1) is 8.74. The van der Waals surface area contributed by atoms with Crippen molar-refractivity contribution in [2.24, 2.45) is 0 Å². The molecule has 2 aromatic heterocycles. The van der Waals surface area contributed by atoms with E-state index < -0.39 is 0 Å². The first-order valence-electron chi connectivity index (χ1n) is 5.61. The van der Waals surface area contributed by atoms with Gasteiger partial charge in [-0.25, -0.2) is 4.98 Å². The molecule has 0 aromatic carbocycles. The number of nitrogens with zero attached hydrogens (tertiary/aromatic N) is 2. The van der Waals surface area contributed by atoms with Crippen molar-refractivity contribution in [3.8, 4) is 0 Å². The third-order valence-electron chi connectivity index (χ3n) is 2.27. The first-order valence-corrected chi connectivity index (χ1v) is 5.61. The van der Waals surface area contributed by atoms with Crippen LogP contribution in [0.15, 0.2) is 42.7 Å². The van der Waals surface area contributed by atoms with Gasteiger partial charge in [-0.15, -0.1) is 0 Å². The fraction of sp³-hybridized carbons (Fsp3) is 0.154. The molecule has 0 unspecified atom stereocenters. The minimum absolute atomic E-state index is 0.128. The van der Waals surface area contributed by atoms with Crippen LogP contribution in [0.5, 0.6) is 0 Å². The summed E-state index contributed by atoms with van der Waals surface area (Å²) in [6.07, 6.45) is 3.43. The SMILES string of the molecule is CC(=O)Nc1ccc(NCc2ccccn2)cn1. The highest BCUT2D eigenvalue weighted by Gasteiger charge is 1.98. The van der Waals surface area contributed by atoms with Crippen LogP contribution in [-0.2, 0) is 11.3 Å². The number of hydrogen-bond acceptors (Lipinski definition) is 4. The Kier molecular flexibility index (Phi) is 3.86. The molecule has 2 aromatic rings. The van der Waals surface area contributed by atoms with Crippen LogP contribution in [0.4, 0.5) is 11.5 Å². The molecule has 0 saturated heterocycles. The summed E-state index contributed by atoms with van der Waals surface area (Å²) in [6.45, 7) is 2.09. The molecule has 18 heavy (non-hydrogen) atoms. The summed E-state index contributed by atoms with van der Waals surface area (Å²) in [5.74, 6) is 0.419. The maximum atomic E-state index is 10.8. The molecule has 0 aliphatic rings. The van der Waals surface area contributed by atoms with Gasteiger partial charge in [-0.3, -0.25) is 9.78 Å². The molecule has 0 saturated carbocycles. The Morgan fingerprint density at radius 2 is 2.11 bits per heavy atom. The van der Waals surface area contributed by atoms with Crippen molar-refractivity contribution in [2.45, 2.75) is 13.5 Å². The van der Waals surface area contributed by atoms with Crippen molar-refractivity contribution in [1.29, 1.82) is 0 Å².